The number of rotatable bonds is 3. The van der Waals surface area contributed by atoms with Gasteiger partial charge in [0, 0.05) is 24.1 Å². The number of nitrogen functional groups attached to an aromatic ring is 1. The Morgan fingerprint density at radius 2 is 2.16 bits per heavy atom. The smallest absolute Gasteiger partial charge is 0.137 e. The molecule has 0 spiro atoms. The van der Waals surface area contributed by atoms with Gasteiger partial charge in [0.05, 0.1) is 10.2 Å². The van der Waals surface area contributed by atoms with E-state index in [0.29, 0.717) is 12.3 Å². The number of pyridine rings is 1. The molecule has 0 saturated heterocycles. The maximum atomic E-state index is 5.74. The molecule has 0 radical (unpaired) electrons. The minimum Gasteiger partial charge on any atom is -0.486 e. The Morgan fingerprint density at radius 1 is 1.26 bits per heavy atom. The maximum Gasteiger partial charge on any atom is 0.137 e. The summed E-state index contributed by atoms with van der Waals surface area (Å²) in [5.41, 5.74) is 8.20. The summed E-state index contributed by atoms with van der Waals surface area (Å²) in [6.45, 7) is 0.406. The molecule has 0 bridgehead atoms. The second-order valence-corrected chi connectivity index (χ2v) is 5.03. The average molecular weight is 318 g/mol. The molecular weight excluding hydrogens is 306 g/mol. The van der Waals surface area contributed by atoms with Crippen molar-refractivity contribution in [3.63, 3.8) is 0 Å². The van der Waals surface area contributed by atoms with E-state index in [0.717, 1.165) is 21.6 Å². The first-order chi connectivity index (χ1) is 9.22. The third-order valence-electron chi connectivity index (χ3n) is 2.74. The zero-order chi connectivity index (χ0) is 13.2. The number of halogens is 1. The molecule has 0 atom stereocenters. The van der Waals surface area contributed by atoms with Crippen LogP contribution in [0, 0.1) is 0 Å². The number of fused-ring (bicyclic) bond motifs is 1. The normalized spacial score (nSPS) is 10.8. The van der Waals surface area contributed by atoms with E-state index in [1.54, 1.807) is 6.07 Å². The van der Waals surface area contributed by atoms with Crippen LogP contribution < -0.4 is 10.5 Å². The highest BCUT2D eigenvalue weighted by atomic mass is 79.9. The summed E-state index contributed by atoms with van der Waals surface area (Å²) >= 11 is 3.43. The third kappa shape index (κ3) is 2.56. The zero-order valence-electron chi connectivity index (χ0n) is 10.1. The number of hydrogen-bond donors (Lipinski definition) is 1. The van der Waals surface area contributed by atoms with Gasteiger partial charge in [0.2, 0.25) is 0 Å². The van der Waals surface area contributed by atoms with Crippen LogP contribution in [0.25, 0.3) is 5.65 Å². The van der Waals surface area contributed by atoms with Gasteiger partial charge < -0.3 is 14.9 Å². The third-order valence-corrected chi connectivity index (χ3v) is 3.40. The van der Waals surface area contributed by atoms with Gasteiger partial charge in [-0.2, -0.15) is 0 Å². The van der Waals surface area contributed by atoms with Crippen LogP contribution in [0.3, 0.4) is 0 Å². The molecule has 0 amide bonds. The van der Waals surface area contributed by atoms with E-state index in [9.17, 15) is 0 Å². The predicted octanol–water partition coefficient (Wildman–Crippen LogP) is 3.26. The standard InChI is InChI=1S/C14H12BrN3O/c15-12-5-4-10(16)7-13(12)19-9-11-8-18-6-2-1-3-14(18)17-11/h1-8H,9,16H2. The van der Waals surface area contributed by atoms with Gasteiger partial charge in [-0.05, 0) is 40.2 Å². The Labute approximate surface area is 119 Å². The Hall–Kier alpha value is -2.01. The van der Waals surface area contributed by atoms with Crippen molar-refractivity contribution in [2.24, 2.45) is 0 Å². The van der Waals surface area contributed by atoms with Crippen LogP contribution in [0.15, 0.2) is 53.3 Å². The molecule has 2 aromatic heterocycles. The summed E-state index contributed by atoms with van der Waals surface area (Å²) in [7, 11) is 0. The SMILES string of the molecule is Nc1ccc(Br)c(OCc2cn3ccccc3n2)c1. The van der Waals surface area contributed by atoms with Crippen LogP contribution in [0.2, 0.25) is 0 Å². The minimum atomic E-state index is 0.406. The van der Waals surface area contributed by atoms with E-state index in [1.807, 2.05) is 47.1 Å². The van der Waals surface area contributed by atoms with Gasteiger partial charge in [0.25, 0.3) is 0 Å². The molecule has 0 aliphatic rings. The van der Waals surface area contributed by atoms with Crippen molar-refractivity contribution < 1.29 is 4.74 Å². The molecule has 5 heteroatoms. The molecule has 19 heavy (non-hydrogen) atoms. The van der Waals surface area contributed by atoms with E-state index < -0.39 is 0 Å². The lowest BCUT2D eigenvalue weighted by molar-refractivity contribution is 0.300. The van der Waals surface area contributed by atoms with Crippen molar-refractivity contribution in [1.82, 2.24) is 9.38 Å². The molecule has 3 aromatic rings. The van der Waals surface area contributed by atoms with Crippen LogP contribution in [0.1, 0.15) is 5.69 Å². The molecule has 3 rings (SSSR count). The molecule has 0 unspecified atom stereocenters. The van der Waals surface area contributed by atoms with Crippen molar-refractivity contribution >= 4 is 27.3 Å². The van der Waals surface area contributed by atoms with Crippen LogP contribution >= 0.6 is 15.9 Å². The molecule has 0 aliphatic carbocycles. The molecular formula is C14H12BrN3O. The van der Waals surface area contributed by atoms with Crippen LogP contribution in [0.5, 0.6) is 5.75 Å². The monoisotopic (exact) mass is 317 g/mol. The summed E-state index contributed by atoms with van der Waals surface area (Å²) in [6, 6.07) is 11.4. The molecule has 4 nitrogen and oxygen atoms in total. The fraction of sp³-hybridized carbons (Fsp3) is 0.0714. The van der Waals surface area contributed by atoms with Crippen LogP contribution in [0.4, 0.5) is 5.69 Å². The topological polar surface area (TPSA) is 52.5 Å². The van der Waals surface area contributed by atoms with Crippen molar-refractivity contribution in [1.29, 1.82) is 0 Å². The fourth-order valence-electron chi connectivity index (χ4n) is 1.84. The average Bonchev–Trinajstić information content (AvgIpc) is 2.82. The first-order valence-electron chi connectivity index (χ1n) is 5.83. The molecule has 1 aromatic carbocycles. The van der Waals surface area contributed by atoms with Crippen molar-refractivity contribution in [2.45, 2.75) is 6.61 Å². The Balaban J connectivity index is 1.80. The molecule has 96 valence electrons. The molecule has 0 aliphatic heterocycles. The number of hydrogen-bond acceptors (Lipinski definition) is 3. The molecule has 0 fully saturated rings. The lowest BCUT2D eigenvalue weighted by atomic mass is 10.3. The zero-order valence-corrected chi connectivity index (χ0v) is 11.7. The van der Waals surface area contributed by atoms with E-state index in [4.69, 9.17) is 10.5 Å². The summed E-state index contributed by atoms with van der Waals surface area (Å²) in [5, 5.41) is 0. The highest BCUT2D eigenvalue weighted by Crippen LogP contribution is 2.27. The highest BCUT2D eigenvalue weighted by molar-refractivity contribution is 9.10. The molecule has 0 saturated carbocycles. The first kappa shape index (κ1) is 12.0. The largest absolute Gasteiger partial charge is 0.486 e. The van der Waals surface area contributed by atoms with E-state index in [1.165, 1.54) is 0 Å². The number of ether oxygens (including phenoxy) is 1. The molecule has 2 heterocycles. The lowest BCUT2D eigenvalue weighted by Gasteiger charge is -2.07. The van der Waals surface area contributed by atoms with E-state index in [2.05, 4.69) is 20.9 Å². The number of nitrogens with two attached hydrogens (primary N) is 1. The summed E-state index contributed by atoms with van der Waals surface area (Å²) in [6.07, 6.45) is 3.91. The van der Waals surface area contributed by atoms with Gasteiger partial charge >= 0.3 is 0 Å². The van der Waals surface area contributed by atoms with Crippen molar-refractivity contribution in [3.05, 3.63) is 59.0 Å². The van der Waals surface area contributed by atoms with Crippen molar-refractivity contribution in [2.75, 3.05) is 5.73 Å². The molecule has 2 N–H and O–H groups in total. The van der Waals surface area contributed by atoms with Crippen molar-refractivity contribution in [3.8, 4) is 5.75 Å². The first-order valence-corrected chi connectivity index (χ1v) is 6.62. The second-order valence-electron chi connectivity index (χ2n) is 4.18. The van der Waals surface area contributed by atoms with Gasteiger partial charge in [-0.15, -0.1) is 0 Å². The number of nitrogens with zero attached hydrogens (tertiary/aromatic N) is 2. The maximum absolute atomic E-state index is 5.74. The van der Waals surface area contributed by atoms with Crippen LogP contribution in [-0.4, -0.2) is 9.38 Å². The highest BCUT2D eigenvalue weighted by Gasteiger charge is 2.05. The van der Waals surface area contributed by atoms with Gasteiger partial charge in [0.15, 0.2) is 0 Å². The second kappa shape index (κ2) is 4.93. The number of benzene rings is 1. The van der Waals surface area contributed by atoms with Gasteiger partial charge in [-0.3, -0.25) is 0 Å². The summed E-state index contributed by atoms with van der Waals surface area (Å²) in [5.74, 6) is 0.719. The number of imidazole rings is 1. The van der Waals surface area contributed by atoms with Gasteiger partial charge in [-0.25, -0.2) is 4.98 Å². The minimum absolute atomic E-state index is 0.406. The number of aromatic nitrogens is 2. The quantitative estimate of drug-likeness (QED) is 0.754. The lowest BCUT2D eigenvalue weighted by Crippen LogP contribution is -1.97. The summed E-state index contributed by atoms with van der Waals surface area (Å²) in [4.78, 5) is 4.47. The summed E-state index contributed by atoms with van der Waals surface area (Å²) < 4.78 is 8.58. The van der Waals surface area contributed by atoms with Crippen LogP contribution in [-0.2, 0) is 6.61 Å². The van der Waals surface area contributed by atoms with E-state index >= 15 is 0 Å². The number of anilines is 1. The Morgan fingerprint density at radius 3 is 3.00 bits per heavy atom. The predicted molar refractivity (Wildman–Crippen MR) is 78.1 cm³/mol. The van der Waals surface area contributed by atoms with E-state index in [-0.39, 0.29) is 0 Å². The fourth-order valence-corrected chi connectivity index (χ4v) is 2.20. The Bertz CT molecular complexity index is 691. The Kier molecular flexibility index (Phi) is 3.13. The van der Waals surface area contributed by atoms with Gasteiger partial charge in [0.1, 0.15) is 18.0 Å². The van der Waals surface area contributed by atoms with Gasteiger partial charge in [-0.1, -0.05) is 6.07 Å².